The zero-order valence-electron chi connectivity index (χ0n) is 16.6. The number of urea groups is 1. The van der Waals surface area contributed by atoms with E-state index in [1.807, 2.05) is 30.3 Å². The number of nitrogens with one attached hydrogen (secondary N) is 1. The van der Waals surface area contributed by atoms with E-state index < -0.39 is 29.4 Å². The zero-order valence-corrected chi connectivity index (χ0v) is 16.6. The number of nitrogens with zero attached hydrogens (tertiary/aromatic N) is 1. The molecule has 3 aromatic carbocycles. The first-order valence-electron chi connectivity index (χ1n) is 9.48. The van der Waals surface area contributed by atoms with Gasteiger partial charge in [0.25, 0.3) is 5.91 Å². The number of hydrogen-bond donors (Lipinski definition) is 2. The molecular formula is C23H21FN2O4. The highest BCUT2D eigenvalue weighted by Gasteiger charge is 2.49. The lowest BCUT2D eigenvalue weighted by atomic mass is 9.90. The molecule has 0 radical (unpaired) electrons. The highest BCUT2D eigenvalue weighted by atomic mass is 19.1. The fourth-order valence-corrected chi connectivity index (χ4v) is 3.74. The van der Waals surface area contributed by atoms with E-state index in [4.69, 9.17) is 4.74 Å². The van der Waals surface area contributed by atoms with E-state index in [0.29, 0.717) is 5.56 Å². The summed E-state index contributed by atoms with van der Waals surface area (Å²) in [5.74, 6) is -0.375. The van der Waals surface area contributed by atoms with E-state index in [9.17, 15) is 19.1 Å². The number of carbonyl (C=O) groups is 2. The van der Waals surface area contributed by atoms with Crippen LogP contribution in [0, 0.1) is 5.82 Å². The van der Waals surface area contributed by atoms with Crippen LogP contribution in [0.3, 0.4) is 0 Å². The van der Waals surface area contributed by atoms with E-state index in [1.54, 1.807) is 26.2 Å². The molecule has 154 valence electrons. The Kier molecular flexibility index (Phi) is 4.91. The fourth-order valence-electron chi connectivity index (χ4n) is 3.74. The summed E-state index contributed by atoms with van der Waals surface area (Å²) in [6.45, 7) is 1.28. The molecule has 0 spiro atoms. The number of fused-ring (bicyclic) bond motifs is 1. The second-order valence-electron chi connectivity index (χ2n) is 7.44. The first kappa shape index (κ1) is 19.8. The molecule has 0 aromatic heterocycles. The van der Waals surface area contributed by atoms with Gasteiger partial charge in [0, 0.05) is 5.56 Å². The van der Waals surface area contributed by atoms with Crippen molar-refractivity contribution in [1.82, 2.24) is 10.2 Å². The van der Waals surface area contributed by atoms with Crippen LogP contribution in [0.1, 0.15) is 24.2 Å². The molecule has 0 unspecified atom stereocenters. The third-order valence-electron chi connectivity index (χ3n) is 5.52. The smallest absolute Gasteiger partial charge is 0.325 e. The lowest BCUT2D eigenvalue weighted by Crippen LogP contribution is -2.41. The van der Waals surface area contributed by atoms with Crippen molar-refractivity contribution in [1.29, 1.82) is 0 Å². The minimum absolute atomic E-state index is 0.0337. The topological polar surface area (TPSA) is 78.9 Å². The average Bonchev–Trinajstić information content (AvgIpc) is 2.97. The third-order valence-corrected chi connectivity index (χ3v) is 5.52. The number of carbonyl (C=O) groups excluding carboxylic acids is 2. The number of amides is 3. The molecule has 1 fully saturated rings. The van der Waals surface area contributed by atoms with Crippen molar-refractivity contribution >= 4 is 22.7 Å². The molecule has 0 aliphatic carbocycles. The van der Waals surface area contributed by atoms with Crippen molar-refractivity contribution < 1.29 is 23.8 Å². The van der Waals surface area contributed by atoms with Crippen LogP contribution < -0.4 is 10.1 Å². The molecule has 7 heteroatoms. The maximum atomic E-state index is 14.0. The quantitative estimate of drug-likeness (QED) is 0.634. The minimum atomic E-state index is -1.33. The molecule has 0 saturated carbocycles. The maximum absolute atomic E-state index is 14.0. The normalized spacial score (nSPS) is 19.8. The van der Waals surface area contributed by atoms with Gasteiger partial charge in [0.2, 0.25) is 0 Å². The third kappa shape index (κ3) is 3.27. The van der Waals surface area contributed by atoms with Gasteiger partial charge in [-0.05, 0) is 47.5 Å². The number of β-amino-alcohol motifs (C(OH)–C–C–N with tert-alkyl or cyclic N) is 1. The van der Waals surface area contributed by atoms with Gasteiger partial charge in [-0.2, -0.15) is 0 Å². The largest absolute Gasteiger partial charge is 0.497 e. The Bertz CT molecular complexity index is 1150. The number of imide groups is 1. The molecule has 2 N–H and O–H groups in total. The molecule has 3 amide bonds. The fraction of sp³-hybridized carbons (Fsp3) is 0.217. The van der Waals surface area contributed by atoms with Gasteiger partial charge >= 0.3 is 6.03 Å². The van der Waals surface area contributed by atoms with E-state index in [1.165, 1.54) is 18.2 Å². The number of rotatable bonds is 5. The molecular weight excluding hydrogens is 387 g/mol. The SMILES string of the molecule is COc1ccc2cc([C@@]3(C)NC(=O)N(C[C@@H](O)c4ccccc4F)C3=O)ccc2c1. The lowest BCUT2D eigenvalue weighted by Gasteiger charge is -2.23. The van der Waals surface area contributed by atoms with Crippen molar-refractivity contribution in [2.75, 3.05) is 13.7 Å². The molecule has 4 rings (SSSR count). The number of ether oxygens (including phenoxy) is 1. The molecule has 1 aliphatic rings. The Balaban J connectivity index is 1.62. The van der Waals surface area contributed by atoms with E-state index in [-0.39, 0.29) is 12.1 Å². The van der Waals surface area contributed by atoms with Crippen molar-refractivity contribution in [3.63, 3.8) is 0 Å². The van der Waals surface area contributed by atoms with E-state index >= 15 is 0 Å². The maximum Gasteiger partial charge on any atom is 0.325 e. The summed E-state index contributed by atoms with van der Waals surface area (Å²) >= 11 is 0. The van der Waals surface area contributed by atoms with Crippen molar-refractivity contribution in [3.05, 3.63) is 77.6 Å². The first-order valence-corrected chi connectivity index (χ1v) is 9.48. The number of benzene rings is 3. The van der Waals surface area contributed by atoms with Crippen LogP contribution in [0.15, 0.2) is 60.7 Å². The Morgan fingerprint density at radius 3 is 2.53 bits per heavy atom. The first-order chi connectivity index (χ1) is 14.3. The van der Waals surface area contributed by atoms with E-state index in [0.717, 1.165) is 21.4 Å². The zero-order chi connectivity index (χ0) is 21.5. The molecule has 30 heavy (non-hydrogen) atoms. The molecule has 2 atom stereocenters. The van der Waals surface area contributed by atoms with Gasteiger partial charge in [-0.1, -0.05) is 36.4 Å². The monoisotopic (exact) mass is 408 g/mol. The number of methoxy groups -OCH3 is 1. The predicted octanol–water partition coefficient (Wildman–Crippen LogP) is 3.49. The van der Waals surface area contributed by atoms with Crippen LogP contribution in [0.2, 0.25) is 0 Å². The summed E-state index contributed by atoms with van der Waals surface area (Å²) in [5.41, 5.74) is -0.645. The molecule has 1 saturated heterocycles. The van der Waals surface area contributed by atoms with Gasteiger partial charge in [-0.25, -0.2) is 9.18 Å². The Morgan fingerprint density at radius 1 is 1.10 bits per heavy atom. The van der Waals surface area contributed by atoms with Gasteiger partial charge < -0.3 is 15.2 Å². The lowest BCUT2D eigenvalue weighted by molar-refractivity contribution is -0.132. The van der Waals surface area contributed by atoms with Crippen molar-refractivity contribution in [3.8, 4) is 5.75 Å². The second kappa shape index (κ2) is 7.42. The molecule has 0 bridgehead atoms. The number of aliphatic hydroxyl groups is 1. The average molecular weight is 408 g/mol. The van der Waals surface area contributed by atoms with Crippen LogP contribution in [0.5, 0.6) is 5.75 Å². The minimum Gasteiger partial charge on any atom is -0.497 e. The number of hydrogen-bond acceptors (Lipinski definition) is 4. The molecule has 6 nitrogen and oxygen atoms in total. The van der Waals surface area contributed by atoms with E-state index in [2.05, 4.69) is 5.32 Å². The summed E-state index contributed by atoms with van der Waals surface area (Å²) in [6, 6.07) is 16.2. The van der Waals surface area contributed by atoms with Crippen molar-refractivity contribution in [2.45, 2.75) is 18.6 Å². The molecule has 1 aliphatic heterocycles. The van der Waals surface area contributed by atoms with Crippen LogP contribution in [-0.4, -0.2) is 35.6 Å². The van der Waals surface area contributed by atoms with Gasteiger partial charge in [0.15, 0.2) is 0 Å². The number of halogens is 1. The molecule has 1 heterocycles. The predicted molar refractivity (Wildman–Crippen MR) is 109 cm³/mol. The van der Waals surface area contributed by atoms with Crippen molar-refractivity contribution in [2.24, 2.45) is 0 Å². The Hall–Kier alpha value is -3.45. The van der Waals surface area contributed by atoms with Crippen LogP contribution in [-0.2, 0) is 10.3 Å². The van der Waals surface area contributed by atoms with Gasteiger partial charge in [0.05, 0.1) is 19.8 Å². The molecule has 3 aromatic rings. The number of aliphatic hydroxyl groups excluding tert-OH is 1. The summed E-state index contributed by atoms with van der Waals surface area (Å²) in [5, 5.41) is 14.9. The highest BCUT2D eigenvalue weighted by molar-refractivity contribution is 6.07. The van der Waals surface area contributed by atoms with Crippen LogP contribution >= 0.6 is 0 Å². The van der Waals surface area contributed by atoms with Gasteiger partial charge in [-0.15, -0.1) is 0 Å². The summed E-state index contributed by atoms with van der Waals surface area (Å²) < 4.78 is 19.2. The van der Waals surface area contributed by atoms with Gasteiger partial charge in [-0.3, -0.25) is 9.69 Å². The van der Waals surface area contributed by atoms with Crippen LogP contribution in [0.4, 0.5) is 9.18 Å². The van der Waals surface area contributed by atoms with Crippen LogP contribution in [0.25, 0.3) is 10.8 Å². The summed E-state index contributed by atoms with van der Waals surface area (Å²) in [4.78, 5) is 26.6. The highest BCUT2D eigenvalue weighted by Crippen LogP contribution is 2.33. The Morgan fingerprint density at radius 2 is 1.80 bits per heavy atom. The Labute approximate surface area is 172 Å². The second-order valence-corrected chi connectivity index (χ2v) is 7.44. The standard InChI is InChI=1S/C23H21FN2O4/c1-23(16-9-7-15-12-17(30-2)10-8-14(15)11-16)21(28)26(22(29)25-23)13-20(27)18-5-3-4-6-19(18)24/h3-12,20,27H,13H2,1-2H3,(H,25,29)/t20-,23-/m1/s1. The summed E-state index contributed by atoms with van der Waals surface area (Å²) in [7, 11) is 1.59. The van der Waals surface area contributed by atoms with Gasteiger partial charge in [0.1, 0.15) is 17.1 Å². The summed E-state index contributed by atoms with van der Waals surface area (Å²) in [6.07, 6.45) is -1.33.